The van der Waals surface area contributed by atoms with Crippen LogP contribution in [0.4, 0.5) is 0 Å². The smallest absolute Gasteiger partial charge is 0.282 e. The van der Waals surface area contributed by atoms with Gasteiger partial charge >= 0.3 is 0 Å². The molecule has 2 aromatic carbocycles. The van der Waals surface area contributed by atoms with Crippen LogP contribution in [0.25, 0.3) is 10.9 Å². The van der Waals surface area contributed by atoms with E-state index in [1.54, 1.807) is 44.5 Å². The monoisotopic (exact) mass is 483 g/mol. The fourth-order valence-corrected chi connectivity index (χ4v) is 3.79. The number of aromatic nitrogens is 2. The van der Waals surface area contributed by atoms with Crippen molar-refractivity contribution in [2.45, 2.75) is 6.92 Å². The zero-order valence-electron chi connectivity index (χ0n) is 13.3. The van der Waals surface area contributed by atoms with Gasteiger partial charge in [-0.3, -0.25) is 4.79 Å². The Hall–Kier alpha value is -1.70. The summed E-state index contributed by atoms with van der Waals surface area (Å²) in [4.78, 5) is 17.1. The van der Waals surface area contributed by atoms with Gasteiger partial charge in [0.2, 0.25) is 0 Å². The largest absolute Gasteiger partial charge is 0.494 e. The van der Waals surface area contributed by atoms with Crippen LogP contribution in [0.15, 0.2) is 49.2 Å². The molecule has 0 atom stereocenters. The lowest BCUT2D eigenvalue weighted by Crippen LogP contribution is -2.20. The van der Waals surface area contributed by atoms with Crippen LogP contribution in [0.1, 0.15) is 11.4 Å². The van der Waals surface area contributed by atoms with Gasteiger partial charge in [0.15, 0.2) is 5.75 Å². The first-order valence-electron chi connectivity index (χ1n) is 7.17. The summed E-state index contributed by atoms with van der Waals surface area (Å²) in [6.07, 6.45) is 1.55. The van der Waals surface area contributed by atoms with E-state index in [4.69, 9.17) is 16.3 Å². The van der Waals surface area contributed by atoms with Crippen molar-refractivity contribution in [2.75, 3.05) is 7.11 Å². The van der Waals surface area contributed by atoms with Gasteiger partial charge in [0.25, 0.3) is 5.56 Å². The molecule has 0 aliphatic heterocycles. The molecule has 25 heavy (non-hydrogen) atoms. The second kappa shape index (κ2) is 7.27. The number of hydrogen-bond donors (Lipinski definition) is 0. The Balaban J connectivity index is 2.09. The molecule has 0 saturated heterocycles. The molecule has 8 heteroatoms. The van der Waals surface area contributed by atoms with Crippen LogP contribution in [-0.4, -0.2) is 23.0 Å². The molecule has 0 radical (unpaired) electrons. The van der Waals surface area contributed by atoms with Gasteiger partial charge in [0.05, 0.1) is 33.7 Å². The summed E-state index contributed by atoms with van der Waals surface area (Å²) >= 11 is 12.9. The highest BCUT2D eigenvalue weighted by molar-refractivity contribution is 9.10. The SMILES string of the molecule is COc1c(Cl)cc(C=Nn2c(C)nc3ccc(Br)cc3c2=O)cc1Br. The average molecular weight is 486 g/mol. The second-order valence-corrected chi connectivity index (χ2v) is 7.38. The van der Waals surface area contributed by atoms with E-state index in [1.165, 1.54) is 4.68 Å². The number of ether oxygens (including phenoxy) is 1. The van der Waals surface area contributed by atoms with Gasteiger partial charge in [-0.05, 0) is 58.7 Å². The maximum absolute atomic E-state index is 12.7. The highest BCUT2D eigenvalue weighted by Gasteiger charge is 2.09. The number of hydrogen-bond acceptors (Lipinski definition) is 4. The molecule has 5 nitrogen and oxygen atoms in total. The van der Waals surface area contributed by atoms with Crippen molar-refractivity contribution in [1.29, 1.82) is 0 Å². The van der Waals surface area contributed by atoms with Crippen LogP contribution in [0.3, 0.4) is 0 Å². The number of nitrogens with zero attached hydrogens (tertiary/aromatic N) is 3. The van der Waals surface area contributed by atoms with Crippen LogP contribution >= 0.6 is 43.5 Å². The number of halogens is 3. The fourth-order valence-electron chi connectivity index (χ4n) is 2.37. The van der Waals surface area contributed by atoms with Crippen molar-refractivity contribution >= 4 is 60.6 Å². The molecule has 128 valence electrons. The first-order valence-corrected chi connectivity index (χ1v) is 9.13. The molecule has 0 N–H and O–H groups in total. The predicted molar refractivity (Wildman–Crippen MR) is 107 cm³/mol. The van der Waals surface area contributed by atoms with E-state index in [-0.39, 0.29) is 5.56 Å². The Bertz CT molecular complexity index is 1040. The molecule has 0 spiro atoms. The minimum absolute atomic E-state index is 0.237. The summed E-state index contributed by atoms with van der Waals surface area (Å²) in [5.74, 6) is 1.04. The standard InChI is InChI=1S/C17H12Br2ClN3O2/c1-9-22-15-4-3-11(18)7-12(15)17(24)23(9)21-8-10-5-13(19)16(25-2)14(20)6-10/h3-8H,1-2H3. The van der Waals surface area contributed by atoms with Crippen molar-refractivity contribution in [3.05, 3.63) is 66.0 Å². The van der Waals surface area contributed by atoms with Gasteiger partial charge in [-0.2, -0.15) is 9.78 Å². The highest BCUT2D eigenvalue weighted by Crippen LogP contribution is 2.33. The molecule has 0 fully saturated rings. The highest BCUT2D eigenvalue weighted by atomic mass is 79.9. The lowest BCUT2D eigenvalue weighted by Gasteiger charge is -2.07. The predicted octanol–water partition coefficient (Wildman–Crippen LogP) is 4.77. The molecular formula is C17H12Br2ClN3O2. The molecule has 0 unspecified atom stereocenters. The molecule has 3 rings (SSSR count). The van der Waals surface area contributed by atoms with E-state index in [1.807, 2.05) is 6.07 Å². The van der Waals surface area contributed by atoms with E-state index >= 15 is 0 Å². The second-order valence-electron chi connectivity index (χ2n) is 5.20. The fraction of sp³-hybridized carbons (Fsp3) is 0.118. The Labute approximate surface area is 165 Å². The number of aryl methyl sites for hydroxylation is 1. The van der Waals surface area contributed by atoms with Crippen molar-refractivity contribution in [3.8, 4) is 5.75 Å². The Morgan fingerprint density at radius 2 is 2.04 bits per heavy atom. The van der Waals surface area contributed by atoms with Crippen LogP contribution in [0.2, 0.25) is 5.02 Å². The van der Waals surface area contributed by atoms with Crippen LogP contribution < -0.4 is 10.3 Å². The van der Waals surface area contributed by atoms with Gasteiger partial charge in [-0.1, -0.05) is 27.5 Å². The van der Waals surface area contributed by atoms with Gasteiger partial charge in [0.1, 0.15) is 5.82 Å². The third kappa shape index (κ3) is 3.63. The summed E-state index contributed by atoms with van der Waals surface area (Å²) in [6, 6.07) is 8.89. The minimum atomic E-state index is -0.237. The van der Waals surface area contributed by atoms with Gasteiger partial charge < -0.3 is 4.74 Å². The van der Waals surface area contributed by atoms with Gasteiger partial charge in [0, 0.05) is 4.47 Å². The maximum Gasteiger partial charge on any atom is 0.282 e. The zero-order valence-corrected chi connectivity index (χ0v) is 17.2. The van der Waals surface area contributed by atoms with Crippen molar-refractivity contribution in [1.82, 2.24) is 9.66 Å². The van der Waals surface area contributed by atoms with Gasteiger partial charge in [-0.25, -0.2) is 4.98 Å². The number of methoxy groups -OCH3 is 1. The Morgan fingerprint density at radius 1 is 1.28 bits per heavy atom. The lowest BCUT2D eigenvalue weighted by molar-refractivity contribution is 0.412. The van der Waals surface area contributed by atoms with Crippen LogP contribution in [0, 0.1) is 6.92 Å². The van der Waals surface area contributed by atoms with E-state index in [0.29, 0.717) is 32.0 Å². The third-order valence-corrected chi connectivity index (χ3v) is 4.88. The zero-order chi connectivity index (χ0) is 18.1. The summed E-state index contributed by atoms with van der Waals surface area (Å²) in [5.41, 5.74) is 1.12. The van der Waals surface area contributed by atoms with Crippen molar-refractivity contribution in [2.24, 2.45) is 5.10 Å². The third-order valence-electron chi connectivity index (χ3n) is 3.52. The molecule has 0 amide bonds. The average Bonchev–Trinajstić information content (AvgIpc) is 2.55. The van der Waals surface area contributed by atoms with E-state index in [9.17, 15) is 4.79 Å². The van der Waals surface area contributed by atoms with Gasteiger partial charge in [-0.15, -0.1) is 0 Å². The topological polar surface area (TPSA) is 56.5 Å². The number of fused-ring (bicyclic) bond motifs is 1. The summed E-state index contributed by atoms with van der Waals surface area (Å²) < 4.78 is 7.97. The van der Waals surface area contributed by atoms with Crippen molar-refractivity contribution < 1.29 is 4.74 Å². The van der Waals surface area contributed by atoms with Crippen LogP contribution in [0.5, 0.6) is 5.75 Å². The quantitative estimate of drug-likeness (QED) is 0.502. The Kier molecular flexibility index (Phi) is 5.27. The normalized spacial score (nSPS) is 11.4. The van der Waals surface area contributed by atoms with E-state index in [2.05, 4.69) is 41.9 Å². The molecule has 3 aromatic rings. The minimum Gasteiger partial charge on any atom is -0.494 e. The summed E-state index contributed by atoms with van der Waals surface area (Å²) in [7, 11) is 1.54. The summed E-state index contributed by atoms with van der Waals surface area (Å²) in [6.45, 7) is 1.73. The lowest BCUT2D eigenvalue weighted by atomic mass is 10.2. The maximum atomic E-state index is 12.7. The molecule has 0 aliphatic carbocycles. The molecule has 1 heterocycles. The molecular weight excluding hydrogens is 473 g/mol. The molecule has 0 saturated carbocycles. The summed E-state index contributed by atoms with van der Waals surface area (Å²) in [5, 5.41) is 5.21. The molecule has 0 bridgehead atoms. The number of benzene rings is 2. The molecule has 1 aromatic heterocycles. The van der Waals surface area contributed by atoms with Crippen LogP contribution in [-0.2, 0) is 0 Å². The Morgan fingerprint density at radius 3 is 2.72 bits per heavy atom. The van der Waals surface area contributed by atoms with E-state index in [0.717, 1.165) is 10.0 Å². The number of rotatable bonds is 3. The van der Waals surface area contributed by atoms with E-state index < -0.39 is 0 Å². The molecule has 0 aliphatic rings. The first kappa shape index (κ1) is 18.1. The first-order chi connectivity index (χ1) is 11.9. The van der Waals surface area contributed by atoms with Crippen molar-refractivity contribution in [3.63, 3.8) is 0 Å².